The van der Waals surface area contributed by atoms with Gasteiger partial charge >= 0.3 is 5.69 Å². The molecule has 0 unspecified atom stereocenters. The van der Waals surface area contributed by atoms with E-state index in [-0.39, 0.29) is 11.7 Å². The summed E-state index contributed by atoms with van der Waals surface area (Å²) in [5.74, 6) is 0.544. The Kier molecular flexibility index (Phi) is 3.89. The van der Waals surface area contributed by atoms with Gasteiger partial charge < -0.3 is 5.32 Å². The second-order valence-electron chi connectivity index (χ2n) is 4.31. The second kappa shape index (κ2) is 5.43. The number of hydrogen-bond donors (Lipinski definition) is 2. The van der Waals surface area contributed by atoms with Crippen LogP contribution in [0.5, 0.6) is 0 Å². The normalized spacial score (nSPS) is 11.0. The molecule has 2 heterocycles. The van der Waals surface area contributed by atoms with Crippen molar-refractivity contribution in [3.05, 3.63) is 22.2 Å². The Labute approximate surface area is 114 Å². The van der Waals surface area contributed by atoms with E-state index < -0.39 is 0 Å². The molecule has 0 aliphatic carbocycles. The molecule has 0 atom stereocenters. The quantitative estimate of drug-likeness (QED) is 0.824. The molecule has 0 spiro atoms. The van der Waals surface area contributed by atoms with E-state index in [0.29, 0.717) is 11.1 Å². The van der Waals surface area contributed by atoms with Crippen molar-refractivity contribution in [2.24, 2.45) is 0 Å². The Morgan fingerprint density at radius 3 is 2.84 bits per heavy atom. The number of rotatable bonds is 4. The minimum atomic E-state index is -0.210. The number of H-pyrrole nitrogens is 1. The van der Waals surface area contributed by atoms with Crippen LogP contribution in [0.25, 0.3) is 0 Å². The molecule has 0 saturated heterocycles. The average molecular weight is 280 g/mol. The van der Waals surface area contributed by atoms with Crippen molar-refractivity contribution in [1.82, 2.24) is 24.7 Å². The van der Waals surface area contributed by atoms with E-state index in [4.69, 9.17) is 0 Å². The minimum absolute atomic E-state index is 0.0414. The molecular weight excluding hydrogens is 264 g/mol. The van der Waals surface area contributed by atoms with Crippen molar-refractivity contribution in [3.8, 4) is 0 Å². The van der Waals surface area contributed by atoms with Gasteiger partial charge in [-0.3, -0.25) is 4.57 Å². The summed E-state index contributed by atoms with van der Waals surface area (Å²) in [4.78, 5) is 20.2. The lowest BCUT2D eigenvalue weighted by Crippen LogP contribution is -2.19. The van der Waals surface area contributed by atoms with Crippen LogP contribution in [-0.4, -0.2) is 31.8 Å². The number of nitrogens with one attached hydrogen (secondary N) is 2. The van der Waals surface area contributed by atoms with Crippen LogP contribution in [0.15, 0.2) is 21.2 Å². The van der Waals surface area contributed by atoms with Crippen molar-refractivity contribution in [2.45, 2.75) is 37.0 Å². The molecule has 0 amide bonds. The highest BCUT2D eigenvalue weighted by Gasteiger charge is 2.15. The maximum Gasteiger partial charge on any atom is 0.344 e. The first kappa shape index (κ1) is 13.6. The molecule has 19 heavy (non-hydrogen) atoms. The van der Waals surface area contributed by atoms with E-state index in [0.717, 1.165) is 10.6 Å². The number of anilines is 1. The monoisotopic (exact) mass is 280 g/mol. The smallest absolute Gasteiger partial charge is 0.344 e. The van der Waals surface area contributed by atoms with Crippen molar-refractivity contribution >= 4 is 17.7 Å². The van der Waals surface area contributed by atoms with Gasteiger partial charge in [-0.2, -0.15) is 0 Å². The maximum atomic E-state index is 11.7. The van der Waals surface area contributed by atoms with Crippen LogP contribution < -0.4 is 11.0 Å². The van der Waals surface area contributed by atoms with Crippen LogP contribution in [-0.2, 0) is 0 Å². The van der Waals surface area contributed by atoms with Gasteiger partial charge in [-0.05, 0) is 32.5 Å². The topological polar surface area (TPSA) is 88.5 Å². The number of nitrogens with zero attached hydrogens (tertiary/aromatic N) is 4. The molecular formula is C11H16N6OS. The van der Waals surface area contributed by atoms with Crippen LogP contribution in [0.4, 0.5) is 5.95 Å². The van der Waals surface area contributed by atoms with Crippen LogP contribution in [0, 0.1) is 6.92 Å². The van der Waals surface area contributed by atoms with Crippen LogP contribution >= 0.6 is 11.8 Å². The number of aromatic amines is 1. The van der Waals surface area contributed by atoms with Gasteiger partial charge in [0.25, 0.3) is 0 Å². The Hall–Kier alpha value is -1.83. The minimum Gasteiger partial charge on any atom is -0.357 e. The predicted octanol–water partition coefficient (Wildman–Crippen LogP) is 1.44. The first-order valence-corrected chi connectivity index (χ1v) is 6.70. The molecule has 8 heteroatoms. The SMILES string of the molecule is CNc1ncc(C)c(Sc2n[nH]c(=O)n2C(C)C)n1. The molecule has 2 aromatic rings. The van der Waals surface area contributed by atoms with Gasteiger partial charge in [0.1, 0.15) is 5.03 Å². The Balaban J connectivity index is 2.39. The molecule has 0 aliphatic rings. The van der Waals surface area contributed by atoms with Crippen molar-refractivity contribution in [1.29, 1.82) is 0 Å². The molecule has 0 aliphatic heterocycles. The van der Waals surface area contributed by atoms with Crippen LogP contribution in [0.1, 0.15) is 25.5 Å². The largest absolute Gasteiger partial charge is 0.357 e. The molecule has 2 aromatic heterocycles. The van der Waals surface area contributed by atoms with E-state index in [1.165, 1.54) is 11.8 Å². The zero-order valence-corrected chi connectivity index (χ0v) is 12.1. The molecule has 2 rings (SSSR count). The van der Waals surface area contributed by atoms with Gasteiger partial charge in [-0.1, -0.05) is 0 Å². The second-order valence-corrected chi connectivity index (χ2v) is 5.26. The van der Waals surface area contributed by atoms with E-state index in [9.17, 15) is 4.79 Å². The van der Waals surface area contributed by atoms with E-state index in [2.05, 4.69) is 25.5 Å². The lowest BCUT2D eigenvalue weighted by atomic mass is 10.4. The fourth-order valence-corrected chi connectivity index (χ4v) is 2.56. The summed E-state index contributed by atoms with van der Waals surface area (Å²) in [6, 6.07) is 0.0414. The zero-order valence-electron chi connectivity index (χ0n) is 11.3. The van der Waals surface area contributed by atoms with E-state index in [1.807, 2.05) is 20.8 Å². The van der Waals surface area contributed by atoms with Gasteiger partial charge in [0.15, 0.2) is 5.16 Å². The summed E-state index contributed by atoms with van der Waals surface area (Å²) < 4.78 is 1.60. The number of aryl methyl sites for hydroxylation is 1. The van der Waals surface area contributed by atoms with Gasteiger partial charge in [-0.25, -0.2) is 19.9 Å². The molecule has 0 saturated carbocycles. The molecule has 7 nitrogen and oxygen atoms in total. The third kappa shape index (κ3) is 2.78. The highest BCUT2D eigenvalue weighted by molar-refractivity contribution is 7.99. The first-order chi connectivity index (χ1) is 9.02. The van der Waals surface area contributed by atoms with Crippen molar-refractivity contribution < 1.29 is 0 Å². The van der Waals surface area contributed by atoms with Gasteiger partial charge in [0, 0.05) is 24.8 Å². The Morgan fingerprint density at radius 2 is 2.21 bits per heavy atom. The van der Waals surface area contributed by atoms with Crippen LogP contribution in [0.3, 0.4) is 0 Å². The van der Waals surface area contributed by atoms with Crippen molar-refractivity contribution in [2.75, 3.05) is 12.4 Å². The lowest BCUT2D eigenvalue weighted by Gasteiger charge is -2.09. The number of aromatic nitrogens is 5. The molecule has 0 bridgehead atoms. The summed E-state index contributed by atoms with van der Waals surface area (Å²) in [5.41, 5.74) is 0.729. The van der Waals surface area contributed by atoms with E-state index in [1.54, 1.807) is 17.8 Å². The standard InChI is InChI=1S/C11H16N6OS/c1-6(2)17-10(18)15-16-11(17)19-8-7(3)5-13-9(12-4)14-8/h5-6H,1-4H3,(H,15,18)(H,12,13,14). The maximum absolute atomic E-state index is 11.7. The first-order valence-electron chi connectivity index (χ1n) is 5.89. The summed E-state index contributed by atoms with van der Waals surface area (Å²) >= 11 is 1.35. The molecule has 102 valence electrons. The summed E-state index contributed by atoms with van der Waals surface area (Å²) in [6.07, 6.45) is 1.74. The van der Waals surface area contributed by atoms with Gasteiger partial charge in [0.2, 0.25) is 5.95 Å². The van der Waals surface area contributed by atoms with Crippen molar-refractivity contribution in [3.63, 3.8) is 0 Å². The third-order valence-corrected chi connectivity index (χ3v) is 3.60. The van der Waals surface area contributed by atoms with Gasteiger partial charge in [-0.15, -0.1) is 5.10 Å². The highest BCUT2D eigenvalue weighted by Crippen LogP contribution is 2.27. The average Bonchev–Trinajstić information content (AvgIpc) is 2.73. The Bertz CT molecular complexity index is 632. The summed E-state index contributed by atoms with van der Waals surface area (Å²) in [5, 5.41) is 10.8. The molecule has 2 N–H and O–H groups in total. The van der Waals surface area contributed by atoms with Gasteiger partial charge in [0.05, 0.1) is 0 Å². The third-order valence-electron chi connectivity index (χ3n) is 2.53. The molecule has 0 fully saturated rings. The van der Waals surface area contributed by atoms with E-state index >= 15 is 0 Å². The molecule has 0 radical (unpaired) electrons. The lowest BCUT2D eigenvalue weighted by molar-refractivity contribution is 0.534. The fourth-order valence-electron chi connectivity index (χ4n) is 1.55. The fraction of sp³-hybridized carbons (Fsp3) is 0.455. The number of hydrogen-bond acceptors (Lipinski definition) is 6. The molecule has 0 aromatic carbocycles. The predicted molar refractivity (Wildman–Crippen MR) is 73.7 cm³/mol. The highest BCUT2D eigenvalue weighted by atomic mass is 32.2. The Morgan fingerprint density at radius 1 is 1.47 bits per heavy atom. The summed E-state index contributed by atoms with van der Waals surface area (Å²) in [6.45, 7) is 5.80. The zero-order chi connectivity index (χ0) is 14.0. The van der Waals surface area contributed by atoms with Crippen LogP contribution in [0.2, 0.25) is 0 Å². The summed E-state index contributed by atoms with van der Waals surface area (Å²) in [7, 11) is 1.76.